The molecule has 2 aromatic heterocycles. The number of amides is 2. The number of para-hydroxylation sites is 2. The molecule has 41 heavy (non-hydrogen) atoms. The fourth-order valence-corrected chi connectivity index (χ4v) is 8.02. The number of nitrogens with zero attached hydrogens (tertiary/aromatic N) is 5. The standard InChI is InChI=1S/C33H33N5O3/c1-34-27-9-4-3-8-25(27)33(41)37-15-13-24-23-7-2-5-10-28(23)36(31(24)32(34)37)16-14-29(39)35-18-21-17-22(20-35)26-11-6-12-30(40)38(26)19-21/h2-12,21-22,32H,13-20H2,1H3/t21-,22+,32?/m1/s1. The van der Waals surface area contributed by atoms with Gasteiger partial charge in [-0.25, -0.2) is 0 Å². The molecule has 8 nitrogen and oxygen atoms in total. The van der Waals surface area contributed by atoms with Gasteiger partial charge in [-0.05, 0) is 48.6 Å². The van der Waals surface area contributed by atoms with Gasteiger partial charge in [0, 0.05) is 74.8 Å². The maximum atomic E-state index is 13.7. The first-order chi connectivity index (χ1) is 20.0. The van der Waals surface area contributed by atoms with Crippen molar-refractivity contribution in [3.63, 3.8) is 0 Å². The fraction of sp³-hybridized carbons (Fsp3) is 0.364. The first-order valence-corrected chi connectivity index (χ1v) is 14.7. The molecule has 2 aromatic carbocycles. The molecule has 208 valence electrons. The number of rotatable bonds is 3. The van der Waals surface area contributed by atoms with Crippen LogP contribution in [0, 0.1) is 5.92 Å². The fourth-order valence-electron chi connectivity index (χ4n) is 8.02. The number of piperidine rings is 1. The van der Waals surface area contributed by atoms with Gasteiger partial charge in [-0.3, -0.25) is 14.4 Å². The molecule has 0 N–H and O–H groups in total. The Morgan fingerprint density at radius 2 is 1.76 bits per heavy atom. The quantitative estimate of drug-likeness (QED) is 0.389. The second-order valence-corrected chi connectivity index (χ2v) is 12.0. The van der Waals surface area contributed by atoms with Crippen LogP contribution in [-0.4, -0.2) is 57.4 Å². The van der Waals surface area contributed by atoms with E-state index < -0.39 is 0 Å². The van der Waals surface area contributed by atoms with Crippen molar-refractivity contribution in [2.75, 3.05) is 31.6 Å². The molecule has 2 amide bonds. The van der Waals surface area contributed by atoms with Gasteiger partial charge in [-0.2, -0.15) is 0 Å². The molecular weight excluding hydrogens is 514 g/mol. The van der Waals surface area contributed by atoms with E-state index in [4.69, 9.17) is 0 Å². The molecular formula is C33H33N5O3. The van der Waals surface area contributed by atoms with Crippen molar-refractivity contribution in [1.29, 1.82) is 0 Å². The number of aryl methyl sites for hydroxylation is 1. The average molecular weight is 548 g/mol. The van der Waals surface area contributed by atoms with Gasteiger partial charge in [0.25, 0.3) is 11.5 Å². The molecule has 1 saturated heterocycles. The third-order valence-electron chi connectivity index (χ3n) is 9.79. The minimum atomic E-state index is -0.215. The topological polar surface area (TPSA) is 70.8 Å². The number of likely N-dealkylation sites (tertiary alicyclic amines) is 1. The molecule has 4 aliphatic heterocycles. The van der Waals surface area contributed by atoms with E-state index in [0.29, 0.717) is 45.1 Å². The van der Waals surface area contributed by atoms with Crippen LogP contribution in [0.3, 0.4) is 0 Å². The molecule has 4 aromatic rings. The third-order valence-corrected chi connectivity index (χ3v) is 9.79. The molecule has 6 heterocycles. The highest BCUT2D eigenvalue weighted by molar-refractivity contribution is 6.02. The maximum Gasteiger partial charge on any atom is 0.257 e. The Morgan fingerprint density at radius 1 is 0.927 bits per heavy atom. The Morgan fingerprint density at radius 3 is 2.66 bits per heavy atom. The van der Waals surface area contributed by atoms with Gasteiger partial charge in [-0.1, -0.05) is 36.4 Å². The number of aromatic nitrogens is 2. The monoisotopic (exact) mass is 547 g/mol. The normalized spacial score (nSPS) is 22.7. The SMILES string of the molecule is CN1c2ccccc2C(=O)N2CCc3c(n(CCC(=O)N4C[C@H]5C[C@@H](C4)c4cccc(=O)n4C5)c4ccccc34)C21. The number of anilines is 1. The van der Waals surface area contributed by atoms with Gasteiger partial charge in [0.2, 0.25) is 5.91 Å². The van der Waals surface area contributed by atoms with E-state index in [1.165, 1.54) is 10.9 Å². The van der Waals surface area contributed by atoms with Gasteiger partial charge in [0.1, 0.15) is 6.17 Å². The molecule has 0 saturated carbocycles. The Kier molecular flexibility index (Phi) is 5.43. The zero-order valence-corrected chi connectivity index (χ0v) is 23.2. The molecule has 4 aliphatic rings. The molecule has 8 rings (SSSR count). The highest BCUT2D eigenvalue weighted by Crippen LogP contribution is 2.44. The van der Waals surface area contributed by atoms with Crippen molar-refractivity contribution >= 4 is 28.4 Å². The zero-order valence-electron chi connectivity index (χ0n) is 23.2. The van der Waals surface area contributed by atoms with Gasteiger partial charge >= 0.3 is 0 Å². The van der Waals surface area contributed by atoms with Crippen LogP contribution in [0.4, 0.5) is 5.69 Å². The number of hydrogen-bond acceptors (Lipinski definition) is 4. The number of carbonyl (C=O) groups is 2. The van der Waals surface area contributed by atoms with E-state index in [0.717, 1.165) is 41.0 Å². The lowest BCUT2D eigenvalue weighted by atomic mass is 9.83. The van der Waals surface area contributed by atoms with Crippen molar-refractivity contribution in [2.45, 2.75) is 44.4 Å². The zero-order chi connectivity index (χ0) is 27.8. The number of fused-ring (bicyclic) bond motifs is 10. The summed E-state index contributed by atoms with van der Waals surface area (Å²) in [6.45, 7) is 3.27. The number of carbonyl (C=O) groups excluding carboxylic acids is 2. The van der Waals surface area contributed by atoms with Gasteiger partial charge in [0.15, 0.2) is 0 Å². The van der Waals surface area contributed by atoms with Crippen LogP contribution < -0.4 is 10.5 Å². The minimum absolute atomic E-state index is 0.0593. The van der Waals surface area contributed by atoms with E-state index in [1.807, 2.05) is 50.8 Å². The molecule has 0 spiro atoms. The van der Waals surface area contributed by atoms with Crippen LogP contribution in [0.2, 0.25) is 0 Å². The summed E-state index contributed by atoms with van der Waals surface area (Å²) in [5.41, 5.74) is 6.33. The summed E-state index contributed by atoms with van der Waals surface area (Å²) in [6, 6.07) is 21.8. The summed E-state index contributed by atoms with van der Waals surface area (Å²) in [5.74, 6) is 0.738. The highest BCUT2D eigenvalue weighted by atomic mass is 16.2. The van der Waals surface area contributed by atoms with E-state index in [1.54, 1.807) is 6.07 Å². The summed E-state index contributed by atoms with van der Waals surface area (Å²) >= 11 is 0. The van der Waals surface area contributed by atoms with Crippen LogP contribution in [0.25, 0.3) is 10.9 Å². The van der Waals surface area contributed by atoms with Crippen molar-refractivity contribution in [1.82, 2.24) is 18.9 Å². The van der Waals surface area contributed by atoms with Gasteiger partial charge in [-0.15, -0.1) is 0 Å². The first kappa shape index (κ1) is 24.5. The predicted molar refractivity (Wildman–Crippen MR) is 157 cm³/mol. The predicted octanol–water partition coefficient (Wildman–Crippen LogP) is 3.99. The first-order valence-electron chi connectivity index (χ1n) is 14.7. The number of hydrogen-bond donors (Lipinski definition) is 0. The van der Waals surface area contributed by atoms with E-state index in [2.05, 4.69) is 40.8 Å². The van der Waals surface area contributed by atoms with E-state index in [-0.39, 0.29) is 29.5 Å². The lowest BCUT2D eigenvalue weighted by Gasteiger charge is -2.46. The Bertz CT molecular complexity index is 1790. The molecule has 0 radical (unpaired) electrons. The summed E-state index contributed by atoms with van der Waals surface area (Å²) < 4.78 is 4.21. The number of pyridine rings is 1. The van der Waals surface area contributed by atoms with Gasteiger partial charge < -0.3 is 23.8 Å². The Labute approximate surface area is 238 Å². The van der Waals surface area contributed by atoms with Crippen LogP contribution in [0.1, 0.15) is 52.2 Å². The van der Waals surface area contributed by atoms with Crippen LogP contribution >= 0.6 is 0 Å². The van der Waals surface area contributed by atoms with Crippen LogP contribution in [0.5, 0.6) is 0 Å². The smallest absolute Gasteiger partial charge is 0.257 e. The van der Waals surface area contributed by atoms with Crippen molar-refractivity contribution in [3.05, 3.63) is 99.6 Å². The van der Waals surface area contributed by atoms with Crippen LogP contribution in [0.15, 0.2) is 71.5 Å². The molecule has 1 fully saturated rings. The average Bonchev–Trinajstić information content (AvgIpc) is 3.32. The largest absolute Gasteiger partial charge is 0.349 e. The maximum absolute atomic E-state index is 13.7. The van der Waals surface area contributed by atoms with E-state index >= 15 is 0 Å². The molecule has 2 bridgehead atoms. The van der Waals surface area contributed by atoms with Crippen molar-refractivity contribution in [3.8, 4) is 0 Å². The molecule has 8 heteroatoms. The van der Waals surface area contributed by atoms with Gasteiger partial charge in [0.05, 0.1) is 16.9 Å². The second kappa shape index (κ2) is 9.09. The van der Waals surface area contributed by atoms with Crippen molar-refractivity contribution < 1.29 is 9.59 Å². The lowest BCUT2D eigenvalue weighted by Crippen LogP contribution is -2.51. The summed E-state index contributed by atoms with van der Waals surface area (Å²) in [6.07, 6.45) is 2.01. The summed E-state index contributed by atoms with van der Waals surface area (Å²) in [7, 11) is 2.07. The summed E-state index contributed by atoms with van der Waals surface area (Å²) in [5, 5.41) is 1.21. The Balaban J connectivity index is 1.12. The second-order valence-electron chi connectivity index (χ2n) is 12.0. The molecule has 1 unspecified atom stereocenters. The highest BCUT2D eigenvalue weighted by Gasteiger charge is 2.43. The van der Waals surface area contributed by atoms with Crippen LogP contribution in [-0.2, 0) is 24.3 Å². The number of benzene rings is 2. The Hall–Kier alpha value is -4.33. The lowest BCUT2D eigenvalue weighted by molar-refractivity contribution is -0.134. The molecule has 3 atom stereocenters. The third kappa shape index (κ3) is 3.62. The summed E-state index contributed by atoms with van der Waals surface area (Å²) in [4.78, 5) is 46.0. The van der Waals surface area contributed by atoms with Crippen molar-refractivity contribution in [2.24, 2.45) is 5.92 Å². The molecule has 0 aliphatic carbocycles. The minimum Gasteiger partial charge on any atom is -0.349 e. The van der Waals surface area contributed by atoms with E-state index in [9.17, 15) is 14.4 Å².